The highest BCUT2D eigenvalue weighted by Gasteiger charge is 2.25. The number of ether oxygens (including phenoxy) is 1. The van der Waals surface area contributed by atoms with Gasteiger partial charge in [0.2, 0.25) is 0 Å². The zero-order valence-corrected chi connectivity index (χ0v) is 12.2. The molecule has 1 fully saturated rings. The first kappa shape index (κ1) is 13.8. The van der Waals surface area contributed by atoms with Crippen LogP contribution >= 0.6 is 0 Å². The van der Waals surface area contributed by atoms with Crippen molar-refractivity contribution < 1.29 is 9.26 Å². The Bertz CT molecular complexity index is 687. The minimum Gasteiger partial charge on any atom is -0.378 e. The van der Waals surface area contributed by atoms with Gasteiger partial charge in [0.1, 0.15) is 0 Å². The standard InChI is InChI=1S/C16H17N3O2/c1-10-7-12(9-17)3-4-14(10)16-18-15(19-21-16)13-5-6-20-11(2)8-13/h3-4,7,11,13H,5-6,8H2,1-2H3. The molecule has 2 heterocycles. The van der Waals surface area contributed by atoms with Gasteiger partial charge >= 0.3 is 0 Å². The van der Waals surface area contributed by atoms with E-state index in [2.05, 4.69) is 23.1 Å². The molecule has 2 unspecified atom stereocenters. The van der Waals surface area contributed by atoms with Crippen molar-refractivity contribution in [3.8, 4) is 17.5 Å². The van der Waals surface area contributed by atoms with Crippen molar-refractivity contribution in [1.29, 1.82) is 5.26 Å². The van der Waals surface area contributed by atoms with E-state index in [4.69, 9.17) is 14.5 Å². The van der Waals surface area contributed by atoms with E-state index in [0.717, 1.165) is 36.4 Å². The number of benzene rings is 1. The quantitative estimate of drug-likeness (QED) is 0.846. The zero-order valence-electron chi connectivity index (χ0n) is 12.2. The van der Waals surface area contributed by atoms with Gasteiger partial charge in [-0.3, -0.25) is 0 Å². The summed E-state index contributed by atoms with van der Waals surface area (Å²) in [6, 6.07) is 7.58. The maximum atomic E-state index is 8.91. The maximum Gasteiger partial charge on any atom is 0.258 e. The number of nitriles is 1. The first-order valence-electron chi connectivity index (χ1n) is 7.13. The summed E-state index contributed by atoms with van der Waals surface area (Å²) >= 11 is 0. The smallest absolute Gasteiger partial charge is 0.258 e. The number of rotatable bonds is 2. The van der Waals surface area contributed by atoms with Crippen LogP contribution in [-0.2, 0) is 4.74 Å². The van der Waals surface area contributed by atoms with Crippen molar-refractivity contribution in [2.45, 2.75) is 38.7 Å². The Labute approximate surface area is 123 Å². The molecule has 21 heavy (non-hydrogen) atoms. The van der Waals surface area contributed by atoms with Crippen LogP contribution in [0.25, 0.3) is 11.5 Å². The van der Waals surface area contributed by atoms with Crippen molar-refractivity contribution in [2.24, 2.45) is 0 Å². The third-order valence-corrected chi connectivity index (χ3v) is 3.88. The van der Waals surface area contributed by atoms with Crippen LogP contribution in [-0.4, -0.2) is 22.9 Å². The Hall–Kier alpha value is -2.19. The van der Waals surface area contributed by atoms with Crippen molar-refractivity contribution in [1.82, 2.24) is 10.1 Å². The predicted octanol–water partition coefficient (Wildman–Crippen LogP) is 3.20. The van der Waals surface area contributed by atoms with Gasteiger partial charge in [-0.25, -0.2) is 0 Å². The molecule has 0 aliphatic carbocycles. The minimum atomic E-state index is 0.238. The molecule has 0 spiro atoms. The monoisotopic (exact) mass is 283 g/mol. The molecule has 0 amide bonds. The van der Waals surface area contributed by atoms with E-state index in [-0.39, 0.29) is 6.10 Å². The molecule has 108 valence electrons. The minimum absolute atomic E-state index is 0.238. The highest BCUT2D eigenvalue weighted by atomic mass is 16.5. The Kier molecular flexibility index (Phi) is 3.72. The molecule has 0 saturated carbocycles. The van der Waals surface area contributed by atoms with Crippen LogP contribution in [0.5, 0.6) is 0 Å². The molecule has 3 rings (SSSR count). The van der Waals surface area contributed by atoms with Crippen LogP contribution < -0.4 is 0 Å². The molecule has 1 aliphatic heterocycles. The molecule has 5 nitrogen and oxygen atoms in total. The van der Waals surface area contributed by atoms with E-state index >= 15 is 0 Å². The average molecular weight is 283 g/mol. The van der Waals surface area contributed by atoms with E-state index < -0.39 is 0 Å². The second kappa shape index (κ2) is 5.66. The summed E-state index contributed by atoms with van der Waals surface area (Å²) in [5, 5.41) is 13.0. The first-order valence-corrected chi connectivity index (χ1v) is 7.13. The molecular formula is C16H17N3O2. The lowest BCUT2D eigenvalue weighted by molar-refractivity contribution is 0.0169. The fourth-order valence-corrected chi connectivity index (χ4v) is 2.72. The molecular weight excluding hydrogens is 266 g/mol. The fraction of sp³-hybridized carbons (Fsp3) is 0.438. The molecule has 1 aromatic heterocycles. The van der Waals surface area contributed by atoms with Crippen LogP contribution in [0.15, 0.2) is 22.7 Å². The molecule has 5 heteroatoms. The maximum absolute atomic E-state index is 8.91. The van der Waals surface area contributed by atoms with Gasteiger partial charge in [0.25, 0.3) is 5.89 Å². The molecule has 1 aromatic carbocycles. The van der Waals surface area contributed by atoms with Gasteiger partial charge in [-0.05, 0) is 50.5 Å². The van der Waals surface area contributed by atoms with Crippen LogP contribution in [0, 0.1) is 18.3 Å². The van der Waals surface area contributed by atoms with Gasteiger partial charge in [-0.15, -0.1) is 0 Å². The average Bonchev–Trinajstić information content (AvgIpc) is 2.96. The third kappa shape index (κ3) is 2.81. The normalized spacial score (nSPS) is 22.0. The highest BCUT2D eigenvalue weighted by molar-refractivity contribution is 5.60. The number of hydrogen-bond acceptors (Lipinski definition) is 5. The molecule has 2 aromatic rings. The fourth-order valence-electron chi connectivity index (χ4n) is 2.72. The summed E-state index contributed by atoms with van der Waals surface area (Å²) in [4.78, 5) is 4.54. The number of aromatic nitrogens is 2. The summed E-state index contributed by atoms with van der Waals surface area (Å²) in [7, 11) is 0. The summed E-state index contributed by atoms with van der Waals surface area (Å²) in [5.41, 5.74) is 2.48. The number of nitrogens with zero attached hydrogens (tertiary/aromatic N) is 3. The van der Waals surface area contributed by atoms with Gasteiger partial charge in [-0.1, -0.05) is 5.16 Å². The number of aryl methyl sites for hydroxylation is 1. The number of hydrogen-bond donors (Lipinski definition) is 0. The second-order valence-corrected chi connectivity index (χ2v) is 5.50. The molecule has 0 bridgehead atoms. The van der Waals surface area contributed by atoms with Gasteiger partial charge in [-0.2, -0.15) is 10.2 Å². The van der Waals surface area contributed by atoms with E-state index in [1.165, 1.54) is 0 Å². The lowest BCUT2D eigenvalue weighted by Crippen LogP contribution is -2.22. The zero-order chi connectivity index (χ0) is 14.8. The van der Waals surface area contributed by atoms with Crippen LogP contribution in [0.3, 0.4) is 0 Å². The van der Waals surface area contributed by atoms with Gasteiger partial charge in [0.05, 0.1) is 17.7 Å². The molecule has 0 radical (unpaired) electrons. The van der Waals surface area contributed by atoms with Crippen LogP contribution in [0.1, 0.15) is 42.6 Å². The van der Waals surface area contributed by atoms with Crippen molar-refractivity contribution in [3.05, 3.63) is 35.2 Å². The van der Waals surface area contributed by atoms with Crippen LogP contribution in [0.2, 0.25) is 0 Å². The van der Waals surface area contributed by atoms with Gasteiger partial charge in [0.15, 0.2) is 5.82 Å². The SMILES string of the molecule is Cc1cc(C#N)ccc1-c1nc(C2CCOC(C)C2)no1. The lowest BCUT2D eigenvalue weighted by atomic mass is 9.95. The third-order valence-electron chi connectivity index (χ3n) is 3.88. The Morgan fingerprint density at radius 2 is 2.24 bits per heavy atom. The summed E-state index contributed by atoms with van der Waals surface area (Å²) in [6.07, 6.45) is 2.09. The van der Waals surface area contributed by atoms with Crippen molar-refractivity contribution in [2.75, 3.05) is 6.61 Å². The van der Waals surface area contributed by atoms with Gasteiger partial charge < -0.3 is 9.26 Å². The molecule has 0 N–H and O–H groups in total. The van der Waals surface area contributed by atoms with Gasteiger partial charge in [0, 0.05) is 18.1 Å². The largest absolute Gasteiger partial charge is 0.378 e. The molecule has 2 atom stereocenters. The Balaban J connectivity index is 1.86. The second-order valence-electron chi connectivity index (χ2n) is 5.50. The highest BCUT2D eigenvalue weighted by Crippen LogP contribution is 2.30. The van der Waals surface area contributed by atoms with E-state index in [1.54, 1.807) is 6.07 Å². The summed E-state index contributed by atoms with van der Waals surface area (Å²) in [6.45, 7) is 4.75. The molecule has 1 aliphatic rings. The summed E-state index contributed by atoms with van der Waals surface area (Å²) in [5.74, 6) is 1.57. The Morgan fingerprint density at radius 1 is 1.38 bits per heavy atom. The van der Waals surface area contributed by atoms with Crippen molar-refractivity contribution >= 4 is 0 Å². The predicted molar refractivity (Wildman–Crippen MR) is 76.6 cm³/mol. The first-order chi connectivity index (χ1) is 10.2. The van der Waals surface area contributed by atoms with Crippen LogP contribution in [0.4, 0.5) is 0 Å². The Morgan fingerprint density at radius 3 is 2.95 bits per heavy atom. The van der Waals surface area contributed by atoms with E-state index in [9.17, 15) is 0 Å². The van der Waals surface area contributed by atoms with E-state index in [0.29, 0.717) is 17.4 Å². The lowest BCUT2D eigenvalue weighted by Gasteiger charge is -2.24. The molecule has 1 saturated heterocycles. The van der Waals surface area contributed by atoms with E-state index in [1.807, 2.05) is 19.1 Å². The topological polar surface area (TPSA) is 71.9 Å². The van der Waals surface area contributed by atoms with Crippen molar-refractivity contribution in [3.63, 3.8) is 0 Å². The summed E-state index contributed by atoms with van der Waals surface area (Å²) < 4.78 is 11.0.